The summed E-state index contributed by atoms with van der Waals surface area (Å²) >= 11 is 5.63. The van der Waals surface area contributed by atoms with E-state index >= 15 is 0 Å². The zero-order valence-electron chi connectivity index (χ0n) is 11.7. The highest BCUT2D eigenvalue weighted by Gasteiger charge is 2.08. The molecule has 1 N–H and O–H groups in total. The van der Waals surface area contributed by atoms with Crippen LogP contribution >= 0.6 is 11.6 Å². The van der Waals surface area contributed by atoms with Crippen molar-refractivity contribution in [3.05, 3.63) is 40.9 Å². The standard InChI is InChI=1S/C14H15ClFN3O2/c1-3-17-12-7-14(19-13(18-12)8-20-2)21-9-4-5-10(15)11(16)6-9/h4-7H,3,8H2,1-2H3,(H,17,18,19). The van der Waals surface area contributed by atoms with Crippen LogP contribution in [0.3, 0.4) is 0 Å². The summed E-state index contributed by atoms with van der Waals surface area (Å²) in [5.41, 5.74) is 0. The Labute approximate surface area is 127 Å². The number of nitrogens with one attached hydrogen (secondary N) is 1. The maximum absolute atomic E-state index is 13.4. The number of halogens is 2. The van der Waals surface area contributed by atoms with Gasteiger partial charge in [-0.15, -0.1) is 0 Å². The quantitative estimate of drug-likeness (QED) is 0.882. The summed E-state index contributed by atoms with van der Waals surface area (Å²) in [5, 5.41) is 3.11. The summed E-state index contributed by atoms with van der Waals surface area (Å²) in [5.74, 6) is 1.15. The second kappa shape index (κ2) is 7.19. The number of hydrogen-bond acceptors (Lipinski definition) is 5. The molecular weight excluding hydrogens is 297 g/mol. The second-order valence-electron chi connectivity index (χ2n) is 4.15. The molecule has 1 aromatic carbocycles. The van der Waals surface area contributed by atoms with E-state index in [4.69, 9.17) is 21.1 Å². The lowest BCUT2D eigenvalue weighted by Gasteiger charge is -2.10. The average molecular weight is 312 g/mol. The van der Waals surface area contributed by atoms with Crippen LogP contribution in [0.5, 0.6) is 11.6 Å². The average Bonchev–Trinajstić information content (AvgIpc) is 2.43. The van der Waals surface area contributed by atoms with Crippen molar-refractivity contribution < 1.29 is 13.9 Å². The van der Waals surface area contributed by atoms with Crippen molar-refractivity contribution in [2.45, 2.75) is 13.5 Å². The molecule has 0 unspecified atom stereocenters. The Morgan fingerprint density at radius 3 is 2.76 bits per heavy atom. The molecule has 0 aliphatic rings. The number of rotatable bonds is 6. The van der Waals surface area contributed by atoms with Gasteiger partial charge in [0.15, 0.2) is 5.82 Å². The maximum atomic E-state index is 13.4. The minimum absolute atomic E-state index is 0.0402. The largest absolute Gasteiger partial charge is 0.439 e. The smallest absolute Gasteiger partial charge is 0.224 e. The lowest BCUT2D eigenvalue weighted by atomic mass is 10.3. The Bertz CT molecular complexity index is 601. The van der Waals surface area contributed by atoms with E-state index in [0.29, 0.717) is 29.8 Å². The first kappa shape index (κ1) is 15.5. The molecule has 2 aromatic rings. The topological polar surface area (TPSA) is 56.3 Å². The van der Waals surface area contributed by atoms with E-state index in [1.165, 1.54) is 12.1 Å². The molecule has 112 valence electrons. The van der Waals surface area contributed by atoms with Crippen LogP contribution in [-0.2, 0) is 11.3 Å². The third kappa shape index (κ3) is 4.27. The molecule has 0 bridgehead atoms. The predicted octanol–water partition coefficient (Wildman–Crippen LogP) is 3.64. The van der Waals surface area contributed by atoms with Crippen molar-refractivity contribution in [1.29, 1.82) is 0 Å². The van der Waals surface area contributed by atoms with E-state index in [1.54, 1.807) is 19.2 Å². The van der Waals surface area contributed by atoms with Crippen molar-refractivity contribution in [3.8, 4) is 11.6 Å². The first-order chi connectivity index (χ1) is 10.1. The van der Waals surface area contributed by atoms with Crippen molar-refractivity contribution in [1.82, 2.24) is 9.97 Å². The summed E-state index contributed by atoms with van der Waals surface area (Å²) in [6.45, 7) is 2.91. The van der Waals surface area contributed by atoms with E-state index in [9.17, 15) is 4.39 Å². The van der Waals surface area contributed by atoms with Gasteiger partial charge in [-0.1, -0.05) is 11.6 Å². The molecule has 0 radical (unpaired) electrons. The highest BCUT2D eigenvalue weighted by molar-refractivity contribution is 6.30. The molecule has 2 rings (SSSR count). The van der Waals surface area contributed by atoms with Crippen LogP contribution in [-0.4, -0.2) is 23.6 Å². The van der Waals surface area contributed by atoms with Crippen molar-refractivity contribution >= 4 is 17.4 Å². The van der Waals surface area contributed by atoms with Crippen LogP contribution in [0.4, 0.5) is 10.2 Å². The Morgan fingerprint density at radius 2 is 2.10 bits per heavy atom. The number of benzene rings is 1. The zero-order chi connectivity index (χ0) is 15.2. The Kier molecular flexibility index (Phi) is 5.30. The molecule has 1 heterocycles. The Balaban J connectivity index is 2.26. The van der Waals surface area contributed by atoms with E-state index in [-0.39, 0.29) is 11.6 Å². The molecule has 21 heavy (non-hydrogen) atoms. The fourth-order valence-corrected chi connectivity index (χ4v) is 1.77. The third-order valence-electron chi connectivity index (χ3n) is 2.49. The summed E-state index contributed by atoms with van der Waals surface area (Å²) in [4.78, 5) is 8.46. The highest BCUT2D eigenvalue weighted by atomic mass is 35.5. The Hall–Kier alpha value is -1.92. The van der Waals surface area contributed by atoms with Crippen molar-refractivity contribution in [2.24, 2.45) is 0 Å². The predicted molar refractivity (Wildman–Crippen MR) is 78.4 cm³/mol. The van der Waals surface area contributed by atoms with Crippen molar-refractivity contribution in [3.63, 3.8) is 0 Å². The first-order valence-corrected chi connectivity index (χ1v) is 6.74. The van der Waals surface area contributed by atoms with E-state index in [1.807, 2.05) is 6.92 Å². The monoisotopic (exact) mass is 311 g/mol. The lowest BCUT2D eigenvalue weighted by molar-refractivity contribution is 0.177. The van der Waals surface area contributed by atoms with Gasteiger partial charge < -0.3 is 14.8 Å². The van der Waals surface area contributed by atoms with Crippen LogP contribution in [0.1, 0.15) is 12.7 Å². The second-order valence-corrected chi connectivity index (χ2v) is 4.56. The molecule has 0 saturated heterocycles. The molecule has 0 aliphatic heterocycles. The SMILES string of the molecule is CCNc1cc(Oc2ccc(Cl)c(F)c2)nc(COC)n1. The number of methoxy groups -OCH3 is 1. The molecule has 0 saturated carbocycles. The fraction of sp³-hybridized carbons (Fsp3) is 0.286. The summed E-state index contributed by atoms with van der Waals surface area (Å²) in [6.07, 6.45) is 0. The van der Waals surface area contributed by atoms with Gasteiger partial charge in [-0.25, -0.2) is 9.37 Å². The van der Waals surface area contributed by atoms with Gasteiger partial charge in [0.2, 0.25) is 5.88 Å². The summed E-state index contributed by atoms with van der Waals surface area (Å²) in [6, 6.07) is 5.83. The van der Waals surface area contributed by atoms with Gasteiger partial charge in [0, 0.05) is 25.8 Å². The number of hydrogen-bond donors (Lipinski definition) is 1. The Morgan fingerprint density at radius 1 is 1.29 bits per heavy atom. The molecule has 7 heteroatoms. The van der Waals surface area contributed by atoms with Gasteiger partial charge in [-0.2, -0.15) is 4.98 Å². The summed E-state index contributed by atoms with van der Waals surface area (Å²) < 4.78 is 24.0. The van der Waals surface area contributed by atoms with E-state index in [2.05, 4.69) is 15.3 Å². The highest BCUT2D eigenvalue weighted by Crippen LogP contribution is 2.25. The number of anilines is 1. The number of ether oxygens (including phenoxy) is 2. The van der Waals surface area contributed by atoms with Crippen LogP contribution in [0.25, 0.3) is 0 Å². The molecule has 1 aromatic heterocycles. The van der Waals surface area contributed by atoms with E-state index < -0.39 is 5.82 Å². The van der Waals surface area contributed by atoms with Gasteiger partial charge >= 0.3 is 0 Å². The fourth-order valence-electron chi connectivity index (χ4n) is 1.65. The van der Waals surface area contributed by atoms with Crippen molar-refractivity contribution in [2.75, 3.05) is 19.0 Å². The normalized spacial score (nSPS) is 10.5. The third-order valence-corrected chi connectivity index (χ3v) is 2.80. The minimum Gasteiger partial charge on any atom is -0.439 e. The molecule has 0 amide bonds. The van der Waals surface area contributed by atoms with Gasteiger partial charge in [0.1, 0.15) is 24.0 Å². The molecule has 0 atom stereocenters. The zero-order valence-corrected chi connectivity index (χ0v) is 12.4. The molecule has 0 fully saturated rings. The van der Waals surface area contributed by atoms with Crippen LogP contribution in [0.2, 0.25) is 5.02 Å². The maximum Gasteiger partial charge on any atom is 0.224 e. The van der Waals surface area contributed by atoms with Gasteiger partial charge in [0.05, 0.1) is 5.02 Å². The van der Waals surface area contributed by atoms with E-state index in [0.717, 1.165) is 0 Å². The number of aromatic nitrogens is 2. The van der Waals surface area contributed by atoms with Gasteiger partial charge in [-0.05, 0) is 19.1 Å². The summed E-state index contributed by atoms with van der Waals surface area (Å²) in [7, 11) is 1.55. The van der Waals surface area contributed by atoms with Gasteiger partial charge in [-0.3, -0.25) is 0 Å². The van der Waals surface area contributed by atoms with Crippen LogP contribution in [0, 0.1) is 5.82 Å². The molecule has 5 nitrogen and oxygen atoms in total. The number of nitrogens with zero attached hydrogens (tertiary/aromatic N) is 2. The van der Waals surface area contributed by atoms with Crippen LogP contribution in [0.15, 0.2) is 24.3 Å². The first-order valence-electron chi connectivity index (χ1n) is 6.36. The molecular formula is C14H15ClFN3O2. The van der Waals surface area contributed by atoms with Crippen LogP contribution < -0.4 is 10.1 Å². The lowest BCUT2D eigenvalue weighted by Crippen LogP contribution is -2.05. The minimum atomic E-state index is -0.549. The molecule has 0 spiro atoms. The van der Waals surface area contributed by atoms with Gasteiger partial charge in [0.25, 0.3) is 0 Å². The molecule has 0 aliphatic carbocycles.